The predicted octanol–water partition coefficient (Wildman–Crippen LogP) is 3.59. The molecule has 2 aromatic rings. The van der Waals surface area contributed by atoms with Crippen LogP contribution >= 0.6 is 0 Å². The molecule has 0 spiro atoms. The summed E-state index contributed by atoms with van der Waals surface area (Å²) in [4.78, 5) is 11.1. The van der Waals surface area contributed by atoms with Gasteiger partial charge in [0.15, 0.2) is 0 Å². The van der Waals surface area contributed by atoms with Gasteiger partial charge in [-0.1, -0.05) is 43.7 Å². The largest absolute Gasteiger partial charge is 0.478 e. The number of nitrogens with two attached hydrogens (primary N) is 1. The molecular weight excluding hydrogens is 238 g/mol. The molecule has 0 radical (unpaired) electrons. The maximum absolute atomic E-state index is 11.1. The number of nitrogen functional groups attached to an aromatic ring is 1. The highest BCUT2D eigenvalue weighted by Crippen LogP contribution is 2.24. The first-order valence-corrected chi connectivity index (χ1v) is 6.34. The van der Waals surface area contributed by atoms with Crippen molar-refractivity contribution in [2.24, 2.45) is 0 Å². The van der Waals surface area contributed by atoms with Gasteiger partial charge in [0.1, 0.15) is 0 Å². The van der Waals surface area contributed by atoms with E-state index < -0.39 is 5.97 Å². The predicted molar refractivity (Wildman–Crippen MR) is 77.2 cm³/mol. The minimum atomic E-state index is -0.998. The van der Waals surface area contributed by atoms with E-state index in [0.29, 0.717) is 5.69 Å². The first-order chi connectivity index (χ1) is 9.11. The minimum Gasteiger partial charge on any atom is -0.478 e. The van der Waals surface area contributed by atoms with E-state index in [1.54, 1.807) is 12.1 Å². The zero-order valence-corrected chi connectivity index (χ0v) is 10.9. The normalized spacial score (nSPS) is 10.4. The number of hydrogen-bond acceptors (Lipinski definition) is 2. The lowest BCUT2D eigenvalue weighted by atomic mass is 10.00. The number of rotatable bonds is 4. The Kier molecular flexibility index (Phi) is 3.85. The van der Waals surface area contributed by atoms with Crippen molar-refractivity contribution >= 4 is 11.7 Å². The molecule has 0 saturated carbocycles. The van der Waals surface area contributed by atoms with Crippen LogP contribution in [-0.2, 0) is 6.42 Å². The molecule has 0 aromatic heterocycles. The Hall–Kier alpha value is -2.29. The number of benzene rings is 2. The van der Waals surface area contributed by atoms with Crippen molar-refractivity contribution in [1.82, 2.24) is 0 Å². The minimum absolute atomic E-state index is 0.148. The van der Waals surface area contributed by atoms with Crippen LogP contribution in [-0.4, -0.2) is 11.1 Å². The lowest BCUT2D eigenvalue weighted by Crippen LogP contribution is -2.02. The van der Waals surface area contributed by atoms with Gasteiger partial charge in [-0.05, 0) is 35.2 Å². The van der Waals surface area contributed by atoms with Crippen LogP contribution in [0.5, 0.6) is 0 Å². The van der Waals surface area contributed by atoms with Crippen LogP contribution < -0.4 is 5.73 Å². The Balaban J connectivity index is 2.36. The van der Waals surface area contributed by atoms with Crippen LogP contribution in [0.15, 0.2) is 42.5 Å². The number of hydrogen-bond donors (Lipinski definition) is 2. The number of carbonyl (C=O) groups is 1. The molecule has 0 aliphatic carbocycles. The molecular formula is C16H17NO2. The first-order valence-electron chi connectivity index (χ1n) is 6.34. The maximum atomic E-state index is 11.1. The summed E-state index contributed by atoms with van der Waals surface area (Å²) >= 11 is 0. The second kappa shape index (κ2) is 5.57. The molecule has 0 bridgehead atoms. The van der Waals surface area contributed by atoms with Crippen LogP contribution in [0.25, 0.3) is 11.1 Å². The maximum Gasteiger partial charge on any atom is 0.337 e. The van der Waals surface area contributed by atoms with Crippen molar-refractivity contribution in [3.05, 3.63) is 53.6 Å². The third-order valence-electron chi connectivity index (χ3n) is 3.11. The van der Waals surface area contributed by atoms with Gasteiger partial charge in [0, 0.05) is 5.69 Å². The molecule has 0 heterocycles. The monoisotopic (exact) mass is 255 g/mol. The fraction of sp³-hybridized carbons (Fsp3) is 0.188. The fourth-order valence-electron chi connectivity index (χ4n) is 2.07. The summed E-state index contributed by atoms with van der Waals surface area (Å²) in [5.41, 5.74) is 9.25. The smallest absolute Gasteiger partial charge is 0.337 e. The fourth-order valence-corrected chi connectivity index (χ4v) is 2.07. The molecule has 0 amide bonds. The molecule has 0 atom stereocenters. The van der Waals surface area contributed by atoms with E-state index >= 15 is 0 Å². The quantitative estimate of drug-likeness (QED) is 0.821. The molecule has 2 rings (SSSR count). The lowest BCUT2D eigenvalue weighted by Gasteiger charge is -2.07. The zero-order chi connectivity index (χ0) is 13.8. The molecule has 0 aliphatic rings. The molecule has 0 unspecified atom stereocenters. The highest BCUT2D eigenvalue weighted by Gasteiger charge is 2.09. The summed E-state index contributed by atoms with van der Waals surface area (Å²) in [5, 5.41) is 9.07. The Labute approximate surface area is 112 Å². The summed E-state index contributed by atoms with van der Waals surface area (Å²) < 4.78 is 0. The van der Waals surface area contributed by atoms with Gasteiger partial charge in [-0.15, -0.1) is 0 Å². The number of carboxylic acid groups (broad SMARTS) is 1. The highest BCUT2D eigenvalue weighted by molar-refractivity contribution is 5.95. The Morgan fingerprint density at radius 3 is 2.32 bits per heavy atom. The van der Waals surface area contributed by atoms with Crippen LogP contribution in [0.3, 0.4) is 0 Å². The van der Waals surface area contributed by atoms with Crippen molar-refractivity contribution in [2.75, 3.05) is 5.73 Å². The van der Waals surface area contributed by atoms with Crippen molar-refractivity contribution in [1.29, 1.82) is 0 Å². The molecule has 0 fully saturated rings. The summed E-state index contributed by atoms with van der Waals surface area (Å²) in [6, 6.07) is 13.3. The van der Waals surface area contributed by atoms with Crippen LogP contribution in [0.1, 0.15) is 29.3 Å². The highest BCUT2D eigenvalue weighted by atomic mass is 16.4. The van der Waals surface area contributed by atoms with Gasteiger partial charge in [-0.3, -0.25) is 0 Å². The number of anilines is 1. The van der Waals surface area contributed by atoms with E-state index in [-0.39, 0.29) is 5.56 Å². The van der Waals surface area contributed by atoms with Crippen molar-refractivity contribution in [3.8, 4) is 11.1 Å². The molecule has 0 aliphatic heterocycles. The molecule has 98 valence electrons. The van der Waals surface area contributed by atoms with Gasteiger partial charge in [-0.25, -0.2) is 4.79 Å². The van der Waals surface area contributed by atoms with Crippen molar-refractivity contribution < 1.29 is 9.90 Å². The number of aryl methyl sites for hydroxylation is 1. The number of carboxylic acids is 1. The van der Waals surface area contributed by atoms with Crippen molar-refractivity contribution in [3.63, 3.8) is 0 Å². The second-order valence-electron chi connectivity index (χ2n) is 4.55. The van der Waals surface area contributed by atoms with E-state index in [0.717, 1.165) is 24.0 Å². The molecule has 3 heteroatoms. The zero-order valence-electron chi connectivity index (χ0n) is 10.9. The van der Waals surface area contributed by atoms with Gasteiger partial charge < -0.3 is 10.8 Å². The second-order valence-corrected chi connectivity index (χ2v) is 4.55. The number of aromatic carboxylic acids is 1. The first kappa shape index (κ1) is 13.1. The summed E-state index contributed by atoms with van der Waals surface area (Å²) in [6.07, 6.45) is 2.17. The van der Waals surface area contributed by atoms with E-state index in [1.165, 1.54) is 5.56 Å². The topological polar surface area (TPSA) is 63.3 Å². The molecule has 19 heavy (non-hydrogen) atoms. The van der Waals surface area contributed by atoms with Gasteiger partial charge in [-0.2, -0.15) is 0 Å². The van der Waals surface area contributed by atoms with Gasteiger partial charge in [0.2, 0.25) is 0 Å². The molecule has 3 N–H and O–H groups in total. The Morgan fingerprint density at radius 1 is 1.11 bits per heavy atom. The molecule has 0 saturated heterocycles. The average Bonchev–Trinajstić information content (AvgIpc) is 2.40. The average molecular weight is 255 g/mol. The van der Waals surface area contributed by atoms with Crippen LogP contribution in [0.2, 0.25) is 0 Å². The summed E-state index contributed by atoms with van der Waals surface area (Å²) in [6.45, 7) is 2.15. The molecule has 3 nitrogen and oxygen atoms in total. The van der Waals surface area contributed by atoms with E-state index in [4.69, 9.17) is 10.8 Å². The third-order valence-corrected chi connectivity index (χ3v) is 3.11. The lowest BCUT2D eigenvalue weighted by molar-refractivity contribution is 0.0698. The SMILES string of the molecule is CCCc1ccc(-c2ccc(N)c(C(=O)O)c2)cc1. The third kappa shape index (κ3) is 2.94. The standard InChI is InChI=1S/C16H17NO2/c1-2-3-11-4-6-12(7-5-11)13-8-9-15(17)14(10-13)16(18)19/h4-10H,2-3,17H2,1H3,(H,18,19). The van der Waals surface area contributed by atoms with Gasteiger partial charge >= 0.3 is 5.97 Å². The van der Waals surface area contributed by atoms with E-state index in [9.17, 15) is 4.79 Å². The van der Waals surface area contributed by atoms with Gasteiger partial charge in [0.25, 0.3) is 0 Å². The Bertz CT molecular complexity index is 588. The Morgan fingerprint density at radius 2 is 1.74 bits per heavy atom. The summed E-state index contributed by atoms with van der Waals surface area (Å²) in [7, 11) is 0. The van der Waals surface area contributed by atoms with Crippen molar-refractivity contribution in [2.45, 2.75) is 19.8 Å². The summed E-state index contributed by atoms with van der Waals surface area (Å²) in [5.74, 6) is -0.998. The van der Waals surface area contributed by atoms with E-state index in [1.807, 2.05) is 18.2 Å². The van der Waals surface area contributed by atoms with Crippen LogP contribution in [0, 0.1) is 0 Å². The molecule has 2 aromatic carbocycles. The van der Waals surface area contributed by atoms with Crippen LogP contribution in [0.4, 0.5) is 5.69 Å². The van der Waals surface area contributed by atoms with E-state index in [2.05, 4.69) is 19.1 Å². The van der Waals surface area contributed by atoms with Gasteiger partial charge in [0.05, 0.1) is 5.56 Å².